The molecule has 0 spiro atoms. The maximum absolute atomic E-state index is 11.6. The van der Waals surface area contributed by atoms with E-state index in [9.17, 15) is 9.59 Å². The fraction of sp³-hybridized carbons (Fsp3) is 0.308. The summed E-state index contributed by atoms with van der Waals surface area (Å²) in [6, 6.07) is 7.92. The number of rotatable bonds is 1. The molecule has 2 amide bonds. The van der Waals surface area contributed by atoms with Gasteiger partial charge in [0.25, 0.3) is 0 Å². The zero-order valence-corrected chi connectivity index (χ0v) is 11.8. The van der Waals surface area contributed by atoms with Gasteiger partial charge >= 0.3 is 0 Å². The van der Waals surface area contributed by atoms with Crippen molar-refractivity contribution in [3.05, 3.63) is 35.4 Å². The van der Waals surface area contributed by atoms with Gasteiger partial charge in [-0.1, -0.05) is 41.6 Å². The van der Waals surface area contributed by atoms with Gasteiger partial charge in [0.05, 0.1) is 0 Å². The van der Waals surface area contributed by atoms with Crippen molar-refractivity contribution >= 4 is 28.7 Å². The highest BCUT2D eigenvalue weighted by molar-refractivity contribution is 8.14. The van der Waals surface area contributed by atoms with Gasteiger partial charge in [-0.25, -0.2) is 5.01 Å². The molecule has 5 nitrogen and oxygen atoms in total. The van der Waals surface area contributed by atoms with Gasteiger partial charge in [0.2, 0.25) is 11.8 Å². The van der Waals surface area contributed by atoms with Gasteiger partial charge in [-0.05, 0) is 12.5 Å². The first-order valence-corrected chi connectivity index (χ1v) is 6.74. The van der Waals surface area contributed by atoms with Crippen LogP contribution >= 0.6 is 11.8 Å². The van der Waals surface area contributed by atoms with E-state index in [0.29, 0.717) is 5.17 Å². The quantitative estimate of drug-likeness (QED) is 0.854. The average Bonchev–Trinajstić information content (AvgIpc) is 2.73. The lowest BCUT2D eigenvalue weighted by atomic mass is 10.1. The van der Waals surface area contributed by atoms with Gasteiger partial charge in [0.1, 0.15) is 5.37 Å². The lowest BCUT2D eigenvalue weighted by Crippen LogP contribution is -2.25. The van der Waals surface area contributed by atoms with Crippen LogP contribution in [-0.4, -0.2) is 22.0 Å². The molecule has 1 aromatic rings. The number of hydrazone groups is 1. The molecule has 0 saturated heterocycles. The maximum atomic E-state index is 11.6. The number of carbonyl (C=O) groups excluding carboxylic acids is 2. The van der Waals surface area contributed by atoms with Crippen LogP contribution in [0.3, 0.4) is 0 Å². The Kier molecular flexibility index (Phi) is 3.90. The van der Waals surface area contributed by atoms with Crippen molar-refractivity contribution in [1.29, 1.82) is 0 Å². The Labute approximate surface area is 116 Å². The molecular formula is C13H15N3O2S. The third-order valence-electron chi connectivity index (χ3n) is 2.61. The summed E-state index contributed by atoms with van der Waals surface area (Å²) in [5, 5.41) is 8.38. The molecule has 0 aliphatic carbocycles. The summed E-state index contributed by atoms with van der Waals surface area (Å²) in [5.74, 6) is -0.349. The molecule has 1 N–H and O–H groups in total. The molecule has 6 heteroatoms. The average molecular weight is 277 g/mol. The normalized spacial score (nSPS) is 18.2. The zero-order chi connectivity index (χ0) is 14.0. The van der Waals surface area contributed by atoms with Crippen molar-refractivity contribution in [2.24, 2.45) is 5.10 Å². The maximum Gasteiger partial charge on any atom is 0.241 e. The molecule has 1 aromatic carbocycles. The van der Waals surface area contributed by atoms with E-state index >= 15 is 0 Å². The Hall–Kier alpha value is -1.82. The molecule has 1 aliphatic rings. The van der Waals surface area contributed by atoms with E-state index in [4.69, 9.17) is 0 Å². The Bertz CT molecular complexity index is 539. The van der Waals surface area contributed by atoms with E-state index in [0.717, 1.165) is 11.1 Å². The monoisotopic (exact) mass is 277 g/mol. The molecule has 1 heterocycles. The number of hydrogen-bond donors (Lipinski definition) is 1. The smallest absolute Gasteiger partial charge is 0.241 e. The van der Waals surface area contributed by atoms with Crippen LogP contribution in [0.5, 0.6) is 0 Å². The molecular weight excluding hydrogens is 262 g/mol. The highest BCUT2D eigenvalue weighted by Crippen LogP contribution is 2.38. The molecule has 0 unspecified atom stereocenters. The number of amides is 2. The lowest BCUT2D eigenvalue weighted by molar-refractivity contribution is -0.129. The van der Waals surface area contributed by atoms with Crippen molar-refractivity contribution < 1.29 is 9.59 Å². The summed E-state index contributed by atoms with van der Waals surface area (Å²) >= 11 is 1.36. The minimum atomic E-state index is -0.222. The van der Waals surface area contributed by atoms with Gasteiger partial charge in [-0.15, -0.1) is 5.10 Å². The molecule has 0 aromatic heterocycles. The minimum Gasteiger partial charge on any atom is -0.304 e. The third-order valence-corrected chi connectivity index (χ3v) is 3.71. The van der Waals surface area contributed by atoms with Crippen LogP contribution in [0.1, 0.15) is 30.3 Å². The number of carbonyl (C=O) groups is 2. The van der Waals surface area contributed by atoms with Gasteiger partial charge in [0.15, 0.2) is 5.17 Å². The topological polar surface area (TPSA) is 61.8 Å². The molecule has 100 valence electrons. The second-order valence-corrected chi connectivity index (χ2v) is 5.40. The van der Waals surface area contributed by atoms with E-state index in [1.54, 1.807) is 0 Å². The van der Waals surface area contributed by atoms with Crippen LogP contribution in [0.15, 0.2) is 29.4 Å². The summed E-state index contributed by atoms with van der Waals surface area (Å²) < 4.78 is 0. The summed E-state index contributed by atoms with van der Waals surface area (Å²) in [4.78, 5) is 22.7. The highest BCUT2D eigenvalue weighted by atomic mass is 32.2. The van der Waals surface area contributed by atoms with Crippen LogP contribution < -0.4 is 5.32 Å². The highest BCUT2D eigenvalue weighted by Gasteiger charge is 2.32. The lowest BCUT2D eigenvalue weighted by Gasteiger charge is -2.19. The zero-order valence-electron chi connectivity index (χ0n) is 11.0. The molecule has 0 saturated carbocycles. The molecule has 19 heavy (non-hydrogen) atoms. The minimum absolute atomic E-state index is 0.154. The fourth-order valence-corrected chi connectivity index (χ4v) is 2.85. The number of nitrogens with one attached hydrogen (secondary N) is 1. The van der Waals surface area contributed by atoms with E-state index in [1.165, 1.54) is 30.6 Å². The van der Waals surface area contributed by atoms with Crippen molar-refractivity contribution in [3.8, 4) is 0 Å². The Morgan fingerprint density at radius 2 is 1.89 bits per heavy atom. The SMILES string of the molecule is CC(=O)NC1=NN(C(C)=O)[C@@H](c2ccc(C)cc2)S1. The van der Waals surface area contributed by atoms with Crippen molar-refractivity contribution in [1.82, 2.24) is 10.3 Å². The first kappa shape index (κ1) is 13.6. The number of benzene rings is 1. The van der Waals surface area contributed by atoms with Gasteiger partial charge in [-0.3, -0.25) is 9.59 Å². The van der Waals surface area contributed by atoms with Crippen LogP contribution in [-0.2, 0) is 9.59 Å². The summed E-state index contributed by atoms with van der Waals surface area (Å²) in [5.41, 5.74) is 2.14. The van der Waals surface area contributed by atoms with E-state index in [-0.39, 0.29) is 17.2 Å². The predicted octanol–water partition coefficient (Wildman–Crippen LogP) is 2.00. The molecule has 0 bridgehead atoms. The predicted molar refractivity (Wildman–Crippen MR) is 75.3 cm³/mol. The van der Waals surface area contributed by atoms with Crippen molar-refractivity contribution in [3.63, 3.8) is 0 Å². The first-order valence-electron chi connectivity index (χ1n) is 5.86. The molecule has 0 fully saturated rings. The van der Waals surface area contributed by atoms with Crippen LogP contribution in [0, 0.1) is 6.92 Å². The van der Waals surface area contributed by atoms with Crippen LogP contribution in [0.2, 0.25) is 0 Å². The second kappa shape index (κ2) is 5.44. The Morgan fingerprint density at radius 3 is 2.42 bits per heavy atom. The van der Waals surface area contributed by atoms with E-state index in [1.807, 2.05) is 31.2 Å². The number of nitrogens with zero attached hydrogens (tertiary/aromatic N) is 2. The Balaban J connectivity index is 2.24. The second-order valence-electron chi connectivity index (χ2n) is 4.33. The summed E-state index contributed by atoms with van der Waals surface area (Å²) in [6.07, 6.45) is 0. The third kappa shape index (κ3) is 3.14. The molecule has 1 atom stereocenters. The standard InChI is InChI=1S/C13H15N3O2S/c1-8-4-6-11(7-5-8)12-16(10(3)18)15-13(19-12)14-9(2)17/h4-7,12H,1-3H3,(H,14,15,17)/t12-/m1/s1. The van der Waals surface area contributed by atoms with Crippen LogP contribution in [0.25, 0.3) is 0 Å². The molecule has 2 rings (SSSR count). The van der Waals surface area contributed by atoms with Gasteiger partial charge < -0.3 is 5.32 Å². The Morgan fingerprint density at radius 1 is 1.26 bits per heavy atom. The van der Waals surface area contributed by atoms with Gasteiger partial charge in [0, 0.05) is 13.8 Å². The van der Waals surface area contributed by atoms with E-state index < -0.39 is 0 Å². The largest absolute Gasteiger partial charge is 0.304 e. The number of thioether (sulfide) groups is 1. The summed E-state index contributed by atoms with van der Waals surface area (Å²) in [7, 11) is 0. The fourth-order valence-electron chi connectivity index (χ4n) is 1.71. The van der Waals surface area contributed by atoms with E-state index in [2.05, 4.69) is 10.4 Å². The number of aryl methyl sites for hydroxylation is 1. The molecule has 0 radical (unpaired) electrons. The van der Waals surface area contributed by atoms with Crippen molar-refractivity contribution in [2.75, 3.05) is 0 Å². The van der Waals surface area contributed by atoms with Crippen LogP contribution in [0.4, 0.5) is 0 Å². The number of hydrogen-bond acceptors (Lipinski definition) is 4. The van der Waals surface area contributed by atoms with Crippen molar-refractivity contribution in [2.45, 2.75) is 26.1 Å². The number of amidine groups is 1. The summed E-state index contributed by atoms with van der Waals surface area (Å²) in [6.45, 7) is 4.88. The first-order chi connectivity index (χ1) is 8.97. The molecule has 1 aliphatic heterocycles. The van der Waals surface area contributed by atoms with Gasteiger partial charge in [-0.2, -0.15) is 0 Å².